The second kappa shape index (κ2) is 6.40. The fourth-order valence-corrected chi connectivity index (χ4v) is 5.42. The third-order valence-corrected chi connectivity index (χ3v) is 7.25. The number of hydrogen-bond acceptors (Lipinski definition) is 5. The third kappa shape index (κ3) is 2.85. The van der Waals surface area contributed by atoms with Gasteiger partial charge < -0.3 is 14.4 Å². The van der Waals surface area contributed by atoms with Crippen molar-refractivity contribution in [3.63, 3.8) is 0 Å². The molecule has 5 rings (SSSR count). The van der Waals surface area contributed by atoms with Crippen LogP contribution in [0.2, 0.25) is 0 Å². The summed E-state index contributed by atoms with van der Waals surface area (Å²) in [5.41, 5.74) is 1.32. The molecule has 3 aliphatic rings. The normalized spacial score (nSPS) is 27.4. The van der Waals surface area contributed by atoms with Gasteiger partial charge in [-0.1, -0.05) is 0 Å². The molecule has 2 unspecified atom stereocenters. The van der Waals surface area contributed by atoms with E-state index < -0.39 is 5.41 Å². The number of carbonyl (C=O) groups is 2. The minimum Gasteiger partial charge on any atom is -0.341 e. The van der Waals surface area contributed by atoms with E-state index in [4.69, 9.17) is 0 Å². The number of thiazole rings is 1. The van der Waals surface area contributed by atoms with Gasteiger partial charge in [0.2, 0.25) is 11.8 Å². The minimum atomic E-state index is -0.552. The first kappa shape index (κ1) is 17.8. The maximum Gasteiger partial charge on any atom is 0.231 e. The zero-order valence-corrected chi connectivity index (χ0v) is 17.1. The van der Waals surface area contributed by atoms with E-state index in [1.807, 2.05) is 39.9 Å². The van der Waals surface area contributed by atoms with E-state index in [9.17, 15) is 9.59 Å². The van der Waals surface area contributed by atoms with Crippen molar-refractivity contribution in [3.05, 3.63) is 34.3 Å². The van der Waals surface area contributed by atoms with Gasteiger partial charge in [-0.2, -0.15) is 0 Å². The number of carbonyl (C=O) groups excluding carboxylic acids is 2. The van der Waals surface area contributed by atoms with Crippen molar-refractivity contribution in [2.75, 3.05) is 19.6 Å². The first-order valence-electron chi connectivity index (χ1n) is 9.93. The van der Waals surface area contributed by atoms with Gasteiger partial charge >= 0.3 is 0 Å². The van der Waals surface area contributed by atoms with Crippen LogP contribution in [0.25, 0.3) is 0 Å². The number of aryl methyl sites for hydroxylation is 2. The number of imidazole rings is 1. The Hall–Kier alpha value is -2.22. The number of aromatic nitrogens is 3. The number of nitrogens with zero attached hydrogens (tertiary/aromatic N) is 5. The van der Waals surface area contributed by atoms with E-state index in [-0.39, 0.29) is 23.7 Å². The maximum atomic E-state index is 13.6. The first-order chi connectivity index (χ1) is 13.5. The van der Waals surface area contributed by atoms with Gasteiger partial charge in [0.05, 0.1) is 34.7 Å². The van der Waals surface area contributed by atoms with Gasteiger partial charge in [-0.25, -0.2) is 9.97 Å². The monoisotopic (exact) mass is 399 g/mol. The van der Waals surface area contributed by atoms with Gasteiger partial charge in [-0.05, 0) is 26.2 Å². The number of likely N-dealkylation sites (tertiary alicyclic amines) is 2. The summed E-state index contributed by atoms with van der Waals surface area (Å²) in [6.45, 7) is 4.37. The lowest BCUT2D eigenvalue weighted by atomic mass is 9.75. The fourth-order valence-electron chi connectivity index (χ4n) is 4.81. The van der Waals surface area contributed by atoms with E-state index in [1.54, 1.807) is 17.7 Å². The minimum absolute atomic E-state index is 0.0360. The van der Waals surface area contributed by atoms with Crippen molar-refractivity contribution >= 4 is 23.2 Å². The molecule has 3 fully saturated rings. The van der Waals surface area contributed by atoms with Gasteiger partial charge in [-0.15, -0.1) is 11.3 Å². The van der Waals surface area contributed by atoms with Crippen LogP contribution in [0.5, 0.6) is 0 Å². The van der Waals surface area contributed by atoms with Crippen LogP contribution in [-0.2, 0) is 23.2 Å². The Morgan fingerprint density at radius 3 is 2.86 bits per heavy atom. The molecule has 0 aromatic carbocycles. The van der Waals surface area contributed by atoms with E-state index in [0.29, 0.717) is 26.2 Å². The Labute approximate surface area is 168 Å². The Morgan fingerprint density at radius 2 is 2.21 bits per heavy atom. The van der Waals surface area contributed by atoms with Crippen molar-refractivity contribution in [1.82, 2.24) is 24.3 Å². The molecular formula is C20H25N5O2S. The van der Waals surface area contributed by atoms with Gasteiger partial charge in [0.25, 0.3) is 0 Å². The second-order valence-electron chi connectivity index (χ2n) is 8.50. The van der Waals surface area contributed by atoms with Crippen molar-refractivity contribution in [2.45, 2.75) is 38.6 Å². The smallest absolute Gasteiger partial charge is 0.231 e. The van der Waals surface area contributed by atoms with Crippen molar-refractivity contribution < 1.29 is 9.59 Å². The van der Waals surface area contributed by atoms with Gasteiger partial charge in [-0.3, -0.25) is 9.59 Å². The molecule has 2 amide bonds. The summed E-state index contributed by atoms with van der Waals surface area (Å²) in [4.78, 5) is 39.3. The summed E-state index contributed by atoms with van der Waals surface area (Å²) < 4.78 is 1.92. The highest BCUT2D eigenvalue weighted by Gasteiger charge is 2.59. The average molecular weight is 400 g/mol. The number of hydrogen-bond donors (Lipinski definition) is 0. The predicted molar refractivity (Wildman–Crippen MR) is 105 cm³/mol. The highest BCUT2D eigenvalue weighted by atomic mass is 32.1. The molecule has 2 aromatic heterocycles. The summed E-state index contributed by atoms with van der Waals surface area (Å²) in [5, 5.41) is 3.05. The van der Waals surface area contributed by atoms with Crippen LogP contribution in [0.4, 0.5) is 0 Å². The standard InChI is InChI=1S/C20H25N5O2S/c1-13-22-15(10-28-13)7-24-6-5-20(19(24)27)11-25(18(26)14-3-4-14)8-16(20)17-9-23(2)12-21-17/h9-10,12,14,16H,3-8,11H2,1-2H3. The lowest BCUT2D eigenvalue weighted by Crippen LogP contribution is -2.40. The molecule has 148 valence electrons. The highest BCUT2D eigenvalue weighted by molar-refractivity contribution is 7.09. The van der Waals surface area contributed by atoms with Gasteiger partial charge in [0.1, 0.15) is 0 Å². The lowest BCUT2D eigenvalue weighted by molar-refractivity contribution is -0.137. The Kier molecular flexibility index (Phi) is 4.08. The zero-order valence-electron chi connectivity index (χ0n) is 16.3. The van der Waals surface area contributed by atoms with Crippen LogP contribution in [-0.4, -0.2) is 55.8 Å². The quantitative estimate of drug-likeness (QED) is 0.788. The maximum absolute atomic E-state index is 13.6. The van der Waals surface area contributed by atoms with Crippen LogP contribution in [0.1, 0.15) is 41.6 Å². The summed E-state index contributed by atoms with van der Waals surface area (Å²) in [5.74, 6) is 0.510. The molecule has 28 heavy (non-hydrogen) atoms. The van der Waals surface area contributed by atoms with Crippen LogP contribution < -0.4 is 0 Å². The molecule has 7 nitrogen and oxygen atoms in total. The van der Waals surface area contributed by atoms with Gasteiger partial charge in [0.15, 0.2) is 0 Å². The Morgan fingerprint density at radius 1 is 1.39 bits per heavy atom. The molecule has 8 heteroatoms. The molecule has 2 aromatic rings. The number of rotatable bonds is 4. The summed E-state index contributed by atoms with van der Waals surface area (Å²) >= 11 is 1.61. The SMILES string of the molecule is Cc1nc(CN2CCC3(CN(C(=O)C4CC4)CC3c3cn(C)cn3)C2=O)cs1. The highest BCUT2D eigenvalue weighted by Crippen LogP contribution is 2.50. The van der Waals surface area contributed by atoms with E-state index in [0.717, 1.165) is 35.7 Å². The molecule has 1 spiro atoms. The number of amides is 2. The topological polar surface area (TPSA) is 71.3 Å². The van der Waals surface area contributed by atoms with Crippen LogP contribution in [0, 0.1) is 18.3 Å². The van der Waals surface area contributed by atoms with E-state index >= 15 is 0 Å². The molecule has 2 aliphatic heterocycles. The van der Waals surface area contributed by atoms with Crippen LogP contribution in [0.15, 0.2) is 17.9 Å². The molecule has 0 radical (unpaired) electrons. The Bertz CT molecular complexity index is 933. The summed E-state index contributed by atoms with van der Waals surface area (Å²) in [7, 11) is 1.94. The zero-order chi connectivity index (χ0) is 19.5. The Balaban J connectivity index is 1.44. The molecule has 4 heterocycles. The molecule has 2 atom stereocenters. The van der Waals surface area contributed by atoms with E-state index in [1.165, 1.54) is 0 Å². The summed E-state index contributed by atoms with van der Waals surface area (Å²) in [6, 6.07) is 0. The van der Waals surface area contributed by atoms with Crippen molar-refractivity contribution in [1.29, 1.82) is 0 Å². The van der Waals surface area contributed by atoms with Crippen LogP contribution >= 0.6 is 11.3 Å². The molecule has 1 aliphatic carbocycles. The first-order valence-corrected chi connectivity index (χ1v) is 10.8. The molecule has 2 saturated heterocycles. The van der Waals surface area contributed by atoms with Crippen molar-refractivity contribution in [3.8, 4) is 0 Å². The van der Waals surface area contributed by atoms with Crippen LogP contribution in [0.3, 0.4) is 0 Å². The molecule has 0 bridgehead atoms. The molecule has 0 N–H and O–H groups in total. The largest absolute Gasteiger partial charge is 0.341 e. The predicted octanol–water partition coefficient (Wildman–Crippen LogP) is 1.94. The lowest BCUT2D eigenvalue weighted by Gasteiger charge is -2.27. The molecule has 1 saturated carbocycles. The van der Waals surface area contributed by atoms with Gasteiger partial charge in [0, 0.05) is 50.1 Å². The van der Waals surface area contributed by atoms with E-state index in [2.05, 4.69) is 9.97 Å². The molecular weight excluding hydrogens is 374 g/mol. The third-order valence-electron chi connectivity index (χ3n) is 6.42. The van der Waals surface area contributed by atoms with Crippen molar-refractivity contribution in [2.24, 2.45) is 18.4 Å². The second-order valence-corrected chi connectivity index (χ2v) is 9.56. The fraction of sp³-hybridized carbons (Fsp3) is 0.600. The average Bonchev–Trinajstić information content (AvgIpc) is 2.96. The summed E-state index contributed by atoms with van der Waals surface area (Å²) in [6.07, 6.45) is 6.52.